The minimum atomic E-state index is -0.567. The smallest absolute Gasteiger partial charge is 0.407 e. The van der Waals surface area contributed by atoms with Crippen molar-refractivity contribution in [3.05, 3.63) is 35.9 Å². The van der Waals surface area contributed by atoms with E-state index >= 15 is 0 Å². The molecule has 0 spiro atoms. The number of amides is 2. The Morgan fingerprint density at radius 1 is 1.00 bits per heavy atom. The molecule has 3 N–H and O–H groups in total. The summed E-state index contributed by atoms with van der Waals surface area (Å²) < 4.78 is 5.22. The van der Waals surface area contributed by atoms with Gasteiger partial charge in [0.25, 0.3) is 0 Å². The van der Waals surface area contributed by atoms with Crippen molar-refractivity contribution in [2.24, 2.45) is 40.4 Å². The molecule has 0 aromatic heterocycles. The fraction of sp³-hybridized carbons (Fsp3) is 0.742. The van der Waals surface area contributed by atoms with Gasteiger partial charge in [-0.2, -0.15) is 0 Å². The maximum Gasteiger partial charge on any atom is 0.407 e. The number of fused-ring (bicyclic) bond motifs is 5. The summed E-state index contributed by atoms with van der Waals surface area (Å²) >= 11 is 0. The highest BCUT2D eigenvalue weighted by Crippen LogP contribution is 2.67. The molecule has 4 saturated carbocycles. The third kappa shape index (κ3) is 5.15. The number of benzene rings is 1. The van der Waals surface area contributed by atoms with Gasteiger partial charge in [-0.25, -0.2) is 4.79 Å². The molecule has 0 radical (unpaired) electrons. The SMILES string of the molecule is CC(O)[C@H]1CC[C@H]2[C@@H]3CCC4CC(NC(=O)CNC(=O)OCc5ccccc5)CC[C@]4(C)[C@H]3CC[C@]12C. The highest BCUT2D eigenvalue weighted by molar-refractivity contribution is 5.82. The van der Waals surface area contributed by atoms with E-state index in [2.05, 4.69) is 24.5 Å². The lowest BCUT2D eigenvalue weighted by atomic mass is 9.44. The topological polar surface area (TPSA) is 87.7 Å². The molecule has 9 atom stereocenters. The zero-order chi connectivity index (χ0) is 26.2. The molecule has 0 heterocycles. The number of nitrogens with one attached hydrogen (secondary N) is 2. The summed E-state index contributed by atoms with van der Waals surface area (Å²) in [7, 11) is 0. The molecule has 4 fully saturated rings. The molecule has 4 aliphatic rings. The first-order valence-electron chi connectivity index (χ1n) is 14.6. The van der Waals surface area contributed by atoms with Gasteiger partial charge >= 0.3 is 6.09 Å². The summed E-state index contributed by atoms with van der Waals surface area (Å²) in [5.74, 6) is 3.29. The van der Waals surface area contributed by atoms with E-state index in [0.29, 0.717) is 22.7 Å². The van der Waals surface area contributed by atoms with Crippen molar-refractivity contribution in [2.45, 2.75) is 97.3 Å². The van der Waals surface area contributed by atoms with Gasteiger partial charge in [0.2, 0.25) is 5.91 Å². The van der Waals surface area contributed by atoms with Crippen molar-refractivity contribution in [3.63, 3.8) is 0 Å². The summed E-state index contributed by atoms with van der Waals surface area (Å²) in [5, 5.41) is 16.3. The molecule has 4 aliphatic carbocycles. The lowest BCUT2D eigenvalue weighted by Crippen LogP contribution is -2.56. The largest absolute Gasteiger partial charge is 0.445 e. The predicted molar refractivity (Wildman–Crippen MR) is 143 cm³/mol. The molecular weight excluding hydrogens is 464 g/mol. The van der Waals surface area contributed by atoms with E-state index in [4.69, 9.17) is 4.74 Å². The number of alkyl carbamates (subject to hydrolysis) is 1. The Labute approximate surface area is 222 Å². The summed E-state index contributed by atoms with van der Waals surface area (Å²) in [6, 6.07) is 9.70. The molecule has 204 valence electrons. The second-order valence-corrected chi connectivity index (χ2v) is 13.1. The van der Waals surface area contributed by atoms with E-state index in [9.17, 15) is 14.7 Å². The monoisotopic (exact) mass is 510 g/mol. The van der Waals surface area contributed by atoms with Gasteiger partial charge < -0.3 is 20.5 Å². The third-order valence-electron chi connectivity index (χ3n) is 11.3. The van der Waals surface area contributed by atoms with E-state index in [0.717, 1.165) is 36.2 Å². The van der Waals surface area contributed by atoms with Crippen LogP contribution in [-0.4, -0.2) is 35.8 Å². The van der Waals surface area contributed by atoms with E-state index in [-0.39, 0.29) is 31.2 Å². The maximum atomic E-state index is 12.6. The number of rotatable bonds is 6. The molecule has 1 aromatic rings. The van der Waals surface area contributed by atoms with Crippen molar-refractivity contribution in [1.82, 2.24) is 10.6 Å². The predicted octanol–water partition coefficient (Wildman–Crippen LogP) is 5.44. The number of aliphatic hydroxyl groups excluding tert-OH is 1. The fourth-order valence-electron chi connectivity index (χ4n) is 9.43. The van der Waals surface area contributed by atoms with Crippen LogP contribution in [0.3, 0.4) is 0 Å². The van der Waals surface area contributed by atoms with Crippen molar-refractivity contribution < 1.29 is 19.4 Å². The van der Waals surface area contributed by atoms with Crippen molar-refractivity contribution in [1.29, 1.82) is 0 Å². The van der Waals surface area contributed by atoms with Gasteiger partial charge in [-0.15, -0.1) is 0 Å². The third-order valence-corrected chi connectivity index (χ3v) is 11.3. The quantitative estimate of drug-likeness (QED) is 0.476. The van der Waals surface area contributed by atoms with Crippen LogP contribution in [0.25, 0.3) is 0 Å². The lowest BCUT2D eigenvalue weighted by molar-refractivity contribution is -0.128. The molecule has 0 aliphatic heterocycles. The van der Waals surface area contributed by atoms with Gasteiger partial charge in [0, 0.05) is 6.04 Å². The van der Waals surface area contributed by atoms with E-state index in [1.54, 1.807) is 0 Å². The molecule has 6 nitrogen and oxygen atoms in total. The molecule has 0 saturated heterocycles. The molecule has 2 amide bonds. The van der Waals surface area contributed by atoms with Crippen molar-refractivity contribution in [3.8, 4) is 0 Å². The molecule has 0 bridgehead atoms. The lowest BCUT2D eigenvalue weighted by Gasteiger charge is -2.61. The van der Waals surface area contributed by atoms with E-state index in [1.165, 1.54) is 44.9 Å². The Balaban J connectivity index is 1.11. The summed E-state index contributed by atoms with van der Waals surface area (Å²) in [6.07, 6.45) is 10.0. The van der Waals surface area contributed by atoms with Gasteiger partial charge in [0.05, 0.1) is 6.10 Å². The van der Waals surface area contributed by atoms with Crippen LogP contribution in [0.15, 0.2) is 30.3 Å². The van der Waals surface area contributed by atoms with Gasteiger partial charge in [-0.3, -0.25) is 4.79 Å². The van der Waals surface area contributed by atoms with Crippen LogP contribution in [0.2, 0.25) is 0 Å². The van der Waals surface area contributed by atoms with Gasteiger partial charge in [0.15, 0.2) is 0 Å². The van der Waals surface area contributed by atoms with Gasteiger partial charge in [-0.1, -0.05) is 44.2 Å². The highest BCUT2D eigenvalue weighted by atomic mass is 16.5. The first-order chi connectivity index (χ1) is 17.7. The zero-order valence-electron chi connectivity index (χ0n) is 22.9. The highest BCUT2D eigenvalue weighted by Gasteiger charge is 2.60. The number of aliphatic hydroxyl groups is 1. The second-order valence-electron chi connectivity index (χ2n) is 13.1. The number of hydrogen-bond acceptors (Lipinski definition) is 4. The first kappa shape index (κ1) is 26.5. The Hall–Kier alpha value is -2.08. The summed E-state index contributed by atoms with van der Waals surface area (Å²) in [5.41, 5.74) is 1.58. The van der Waals surface area contributed by atoms with Crippen LogP contribution in [0, 0.1) is 40.4 Å². The van der Waals surface area contributed by atoms with Crippen LogP contribution in [0.4, 0.5) is 4.79 Å². The zero-order valence-corrected chi connectivity index (χ0v) is 22.9. The molecule has 1 aromatic carbocycles. The molecule has 6 heteroatoms. The normalized spacial score (nSPS) is 39.5. The number of hydrogen-bond donors (Lipinski definition) is 3. The molecule has 3 unspecified atom stereocenters. The Morgan fingerprint density at radius 3 is 2.49 bits per heavy atom. The van der Waals surface area contributed by atoms with E-state index in [1.807, 2.05) is 37.3 Å². The van der Waals surface area contributed by atoms with Crippen molar-refractivity contribution in [2.75, 3.05) is 6.54 Å². The first-order valence-corrected chi connectivity index (χ1v) is 14.6. The van der Waals surface area contributed by atoms with Crippen LogP contribution in [0.1, 0.15) is 84.1 Å². The van der Waals surface area contributed by atoms with Crippen LogP contribution < -0.4 is 10.6 Å². The van der Waals surface area contributed by atoms with Gasteiger partial charge in [0.1, 0.15) is 13.2 Å². The summed E-state index contributed by atoms with van der Waals surface area (Å²) in [6.45, 7) is 7.16. The Morgan fingerprint density at radius 2 is 1.73 bits per heavy atom. The number of carbonyl (C=O) groups is 2. The van der Waals surface area contributed by atoms with Crippen LogP contribution in [-0.2, 0) is 16.1 Å². The maximum absolute atomic E-state index is 12.6. The number of carbonyl (C=O) groups excluding carboxylic acids is 2. The average molecular weight is 511 g/mol. The molecule has 37 heavy (non-hydrogen) atoms. The Kier molecular flexibility index (Phi) is 7.59. The van der Waals surface area contributed by atoms with Crippen LogP contribution in [0.5, 0.6) is 0 Å². The average Bonchev–Trinajstić information content (AvgIpc) is 3.24. The standard InChI is InChI=1S/C31H46N2O4/c1-20(34)25-11-12-26-24-10-9-22-17-23(13-15-30(22,2)27(24)14-16-31(25,26)3)33-28(35)18-32-29(36)37-19-21-7-5-4-6-8-21/h4-8,20,22-27,34H,9-19H2,1-3H3,(H,32,36)(H,33,35)/t20?,22?,23?,24-,25+,26-,27-,30-,31+/m0/s1. The molecule has 5 rings (SSSR count). The molecular formula is C31H46N2O4. The minimum absolute atomic E-state index is 0.0541. The Bertz CT molecular complexity index is 967. The minimum Gasteiger partial charge on any atom is -0.445 e. The van der Waals surface area contributed by atoms with E-state index < -0.39 is 6.09 Å². The van der Waals surface area contributed by atoms with Crippen LogP contribution >= 0.6 is 0 Å². The number of ether oxygens (including phenoxy) is 1. The van der Waals surface area contributed by atoms with Crippen molar-refractivity contribution >= 4 is 12.0 Å². The van der Waals surface area contributed by atoms with Gasteiger partial charge in [-0.05, 0) is 111 Å². The fourth-order valence-corrected chi connectivity index (χ4v) is 9.43. The second kappa shape index (κ2) is 10.6. The summed E-state index contributed by atoms with van der Waals surface area (Å²) in [4.78, 5) is 24.6.